The quantitative estimate of drug-likeness (QED) is 0.784. The van der Waals surface area contributed by atoms with Gasteiger partial charge in [0.15, 0.2) is 0 Å². The molecule has 0 aliphatic rings. The molecule has 0 saturated carbocycles. The number of carbonyl (C=O) groups excluding carboxylic acids is 1. The Labute approximate surface area is 136 Å². The van der Waals surface area contributed by atoms with Gasteiger partial charge in [-0.2, -0.15) is 0 Å². The Bertz CT molecular complexity index is 456. The van der Waals surface area contributed by atoms with Crippen LogP contribution in [0.25, 0.3) is 0 Å². The maximum Gasteiger partial charge on any atom is 0.230 e. The van der Waals surface area contributed by atoms with Crippen molar-refractivity contribution in [1.82, 2.24) is 5.32 Å². The lowest BCUT2D eigenvalue weighted by Crippen LogP contribution is -2.45. The van der Waals surface area contributed by atoms with Crippen molar-refractivity contribution in [3.05, 3.63) is 34.3 Å². The Morgan fingerprint density at radius 3 is 2.38 bits per heavy atom. The van der Waals surface area contributed by atoms with Crippen LogP contribution in [-0.2, 0) is 10.2 Å². The topological polar surface area (TPSA) is 49.3 Å². The number of benzene rings is 1. The first kappa shape index (κ1) is 18.2. The molecule has 2 atom stereocenters. The highest BCUT2D eigenvalue weighted by molar-refractivity contribution is 9.10. The van der Waals surface area contributed by atoms with Gasteiger partial charge in [-0.25, -0.2) is 0 Å². The molecule has 0 radical (unpaired) electrons. The van der Waals surface area contributed by atoms with Gasteiger partial charge in [0.2, 0.25) is 5.91 Å². The van der Waals surface area contributed by atoms with E-state index in [2.05, 4.69) is 28.2 Å². The summed E-state index contributed by atoms with van der Waals surface area (Å²) in [5.41, 5.74) is 0.421. The lowest BCUT2D eigenvalue weighted by molar-refractivity contribution is -0.126. The second-order valence-corrected chi connectivity index (χ2v) is 7.15. The van der Waals surface area contributed by atoms with Gasteiger partial charge in [-0.1, -0.05) is 41.9 Å². The molecule has 118 valence electrons. The van der Waals surface area contributed by atoms with Gasteiger partial charge in [0.05, 0.1) is 5.41 Å². The largest absolute Gasteiger partial charge is 0.396 e. The van der Waals surface area contributed by atoms with Gasteiger partial charge < -0.3 is 10.4 Å². The molecule has 3 nitrogen and oxygen atoms in total. The fourth-order valence-corrected chi connectivity index (χ4v) is 2.52. The molecular weight excluding hydrogens is 330 g/mol. The zero-order valence-electron chi connectivity index (χ0n) is 13.3. The van der Waals surface area contributed by atoms with Crippen molar-refractivity contribution in [2.24, 2.45) is 5.92 Å². The van der Waals surface area contributed by atoms with Crippen LogP contribution in [0.3, 0.4) is 0 Å². The second kappa shape index (κ2) is 7.95. The molecule has 0 fully saturated rings. The molecule has 0 bridgehead atoms. The van der Waals surface area contributed by atoms with Crippen LogP contribution in [0.15, 0.2) is 28.7 Å². The van der Waals surface area contributed by atoms with Gasteiger partial charge in [-0.15, -0.1) is 0 Å². The smallest absolute Gasteiger partial charge is 0.230 e. The van der Waals surface area contributed by atoms with E-state index in [0.717, 1.165) is 22.9 Å². The van der Waals surface area contributed by atoms with Crippen molar-refractivity contribution in [3.63, 3.8) is 0 Å². The van der Waals surface area contributed by atoms with Crippen LogP contribution in [0.4, 0.5) is 0 Å². The molecule has 1 rings (SSSR count). The highest BCUT2D eigenvalue weighted by Gasteiger charge is 2.31. The van der Waals surface area contributed by atoms with Gasteiger partial charge in [0.1, 0.15) is 0 Å². The highest BCUT2D eigenvalue weighted by Crippen LogP contribution is 2.25. The maximum absolute atomic E-state index is 12.6. The van der Waals surface area contributed by atoms with Crippen LogP contribution >= 0.6 is 15.9 Å². The lowest BCUT2D eigenvalue weighted by Gasteiger charge is -2.28. The lowest BCUT2D eigenvalue weighted by atomic mass is 9.83. The van der Waals surface area contributed by atoms with E-state index in [1.54, 1.807) is 0 Å². The molecule has 1 amide bonds. The number of amides is 1. The fraction of sp³-hybridized carbons (Fsp3) is 0.588. The number of aliphatic hydroxyl groups is 1. The number of halogens is 1. The molecule has 1 aromatic carbocycles. The normalized spacial score (nSPS) is 14.6. The molecule has 21 heavy (non-hydrogen) atoms. The number of carbonyl (C=O) groups is 1. The van der Waals surface area contributed by atoms with Crippen LogP contribution in [-0.4, -0.2) is 23.7 Å². The molecule has 2 N–H and O–H groups in total. The Balaban J connectivity index is 2.78. The average Bonchev–Trinajstić information content (AvgIpc) is 2.46. The summed E-state index contributed by atoms with van der Waals surface area (Å²) in [4.78, 5) is 12.6. The van der Waals surface area contributed by atoms with Crippen LogP contribution in [0, 0.1) is 5.92 Å². The van der Waals surface area contributed by atoms with Crippen LogP contribution in [0.2, 0.25) is 0 Å². The number of hydrogen-bond donors (Lipinski definition) is 2. The number of hydrogen-bond acceptors (Lipinski definition) is 2. The van der Waals surface area contributed by atoms with Gasteiger partial charge in [0, 0.05) is 17.1 Å². The minimum atomic E-state index is -0.573. The van der Waals surface area contributed by atoms with Gasteiger partial charge in [-0.05, 0) is 50.3 Å². The molecule has 0 aliphatic carbocycles. The SMILES string of the molecule is CC[C@H](C[C@H](C)CO)NC(=O)C(C)(C)c1ccc(Br)cc1. The molecular formula is C17H26BrNO2. The Hall–Kier alpha value is -0.870. The third-order valence-electron chi connectivity index (χ3n) is 3.96. The van der Waals surface area contributed by atoms with E-state index in [0.29, 0.717) is 0 Å². The second-order valence-electron chi connectivity index (χ2n) is 6.23. The van der Waals surface area contributed by atoms with E-state index in [9.17, 15) is 4.79 Å². The van der Waals surface area contributed by atoms with E-state index in [-0.39, 0.29) is 24.5 Å². The molecule has 0 aromatic heterocycles. The van der Waals surface area contributed by atoms with Crippen molar-refractivity contribution < 1.29 is 9.90 Å². The van der Waals surface area contributed by atoms with Crippen molar-refractivity contribution in [1.29, 1.82) is 0 Å². The number of aliphatic hydroxyl groups excluding tert-OH is 1. The minimum Gasteiger partial charge on any atom is -0.396 e. The predicted octanol–water partition coefficient (Wildman–Crippen LogP) is 3.64. The molecule has 0 saturated heterocycles. The molecule has 4 heteroatoms. The zero-order valence-corrected chi connectivity index (χ0v) is 14.9. The molecule has 0 heterocycles. The van der Waals surface area contributed by atoms with Gasteiger partial charge in [0.25, 0.3) is 0 Å². The summed E-state index contributed by atoms with van der Waals surface area (Å²) in [5, 5.41) is 12.3. The van der Waals surface area contributed by atoms with Crippen molar-refractivity contribution in [2.45, 2.75) is 52.0 Å². The monoisotopic (exact) mass is 355 g/mol. The first-order valence-electron chi connectivity index (χ1n) is 7.49. The van der Waals surface area contributed by atoms with E-state index in [1.165, 1.54) is 0 Å². The Morgan fingerprint density at radius 2 is 1.90 bits per heavy atom. The van der Waals surface area contributed by atoms with Gasteiger partial charge >= 0.3 is 0 Å². The highest BCUT2D eigenvalue weighted by atomic mass is 79.9. The average molecular weight is 356 g/mol. The number of nitrogens with one attached hydrogen (secondary N) is 1. The summed E-state index contributed by atoms with van der Waals surface area (Å²) >= 11 is 3.41. The van der Waals surface area contributed by atoms with Crippen molar-refractivity contribution >= 4 is 21.8 Å². The van der Waals surface area contributed by atoms with E-state index >= 15 is 0 Å². The Morgan fingerprint density at radius 1 is 1.33 bits per heavy atom. The zero-order chi connectivity index (χ0) is 16.0. The molecule has 0 spiro atoms. The van der Waals surface area contributed by atoms with Crippen molar-refractivity contribution in [2.75, 3.05) is 6.61 Å². The first-order chi connectivity index (χ1) is 9.81. The van der Waals surface area contributed by atoms with Crippen LogP contribution < -0.4 is 5.32 Å². The molecule has 1 aromatic rings. The summed E-state index contributed by atoms with van der Waals surface area (Å²) < 4.78 is 1.01. The van der Waals surface area contributed by atoms with E-state index < -0.39 is 5.41 Å². The molecule has 0 unspecified atom stereocenters. The summed E-state index contributed by atoms with van der Waals surface area (Å²) in [7, 11) is 0. The van der Waals surface area contributed by atoms with E-state index in [4.69, 9.17) is 5.11 Å². The minimum absolute atomic E-state index is 0.0295. The Kier molecular flexibility index (Phi) is 6.88. The summed E-state index contributed by atoms with van der Waals surface area (Å²) in [6.07, 6.45) is 1.67. The van der Waals surface area contributed by atoms with E-state index in [1.807, 2.05) is 45.0 Å². The first-order valence-corrected chi connectivity index (χ1v) is 8.28. The van der Waals surface area contributed by atoms with Crippen molar-refractivity contribution in [3.8, 4) is 0 Å². The third-order valence-corrected chi connectivity index (χ3v) is 4.49. The van der Waals surface area contributed by atoms with Gasteiger partial charge in [-0.3, -0.25) is 4.79 Å². The standard InChI is InChI=1S/C17H26BrNO2/c1-5-15(10-12(2)11-20)19-16(21)17(3,4)13-6-8-14(18)9-7-13/h6-9,12,15,20H,5,10-11H2,1-4H3,(H,19,21)/t12-,15+/m0/s1. The maximum atomic E-state index is 12.6. The fourth-order valence-electron chi connectivity index (χ4n) is 2.25. The summed E-state index contributed by atoms with van der Waals surface area (Å²) in [5.74, 6) is 0.229. The third kappa shape index (κ3) is 5.11. The summed E-state index contributed by atoms with van der Waals surface area (Å²) in [6.45, 7) is 8.08. The van der Waals surface area contributed by atoms with Crippen LogP contribution in [0.5, 0.6) is 0 Å². The van der Waals surface area contributed by atoms with Crippen LogP contribution in [0.1, 0.15) is 46.1 Å². The number of rotatable bonds is 7. The molecule has 0 aliphatic heterocycles. The summed E-state index contributed by atoms with van der Waals surface area (Å²) in [6, 6.07) is 7.96. The predicted molar refractivity (Wildman–Crippen MR) is 90.3 cm³/mol.